The van der Waals surface area contributed by atoms with Crippen LogP contribution in [-0.4, -0.2) is 55.8 Å². The Morgan fingerprint density at radius 3 is 2.48 bits per heavy atom. The van der Waals surface area contributed by atoms with E-state index in [2.05, 4.69) is 11.8 Å². The third-order valence-corrected chi connectivity index (χ3v) is 2.95. The van der Waals surface area contributed by atoms with Crippen LogP contribution in [0.1, 0.15) is 21.5 Å². The molecule has 1 aromatic rings. The number of hydrogen-bond donors (Lipinski definition) is 1. The van der Waals surface area contributed by atoms with E-state index in [-0.39, 0.29) is 24.9 Å². The molecular formula is C16H21N3O2. The van der Waals surface area contributed by atoms with Crippen molar-refractivity contribution in [3.8, 4) is 11.8 Å². The Hall–Kier alpha value is -2.32. The normalized spacial score (nSPS) is 9.57. The van der Waals surface area contributed by atoms with Gasteiger partial charge in [-0.25, -0.2) is 0 Å². The molecule has 0 fully saturated rings. The van der Waals surface area contributed by atoms with Crippen molar-refractivity contribution in [2.75, 3.05) is 34.2 Å². The van der Waals surface area contributed by atoms with Crippen molar-refractivity contribution in [3.63, 3.8) is 0 Å². The van der Waals surface area contributed by atoms with E-state index < -0.39 is 0 Å². The summed E-state index contributed by atoms with van der Waals surface area (Å²) in [5, 5.41) is 0. The van der Waals surface area contributed by atoms with Gasteiger partial charge in [-0.1, -0.05) is 23.5 Å². The van der Waals surface area contributed by atoms with Gasteiger partial charge in [0.1, 0.15) is 0 Å². The lowest BCUT2D eigenvalue weighted by atomic mass is 10.0. The van der Waals surface area contributed by atoms with Crippen molar-refractivity contribution in [1.82, 2.24) is 9.80 Å². The smallest absolute Gasteiger partial charge is 0.255 e. The molecule has 5 heteroatoms. The number of rotatable bonds is 3. The first-order valence-electron chi connectivity index (χ1n) is 6.62. The van der Waals surface area contributed by atoms with Crippen LogP contribution in [-0.2, 0) is 4.79 Å². The second kappa shape index (κ2) is 7.46. The van der Waals surface area contributed by atoms with Crippen LogP contribution in [0.25, 0.3) is 0 Å². The van der Waals surface area contributed by atoms with Crippen molar-refractivity contribution in [2.45, 2.75) is 6.92 Å². The first-order valence-corrected chi connectivity index (χ1v) is 6.62. The molecule has 0 saturated carbocycles. The van der Waals surface area contributed by atoms with Crippen LogP contribution in [0.5, 0.6) is 0 Å². The Kier molecular flexibility index (Phi) is 5.94. The summed E-state index contributed by atoms with van der Waals surface area (Å²) >= 11 is 0. The van der Waals surface area contributed by atoms with Crippen LogP contribution < -0.4 is 5.73 Å². The van der Waals surface area contributed by atoms with Gasteiger partial charge in [0, 0.05) is 26.7 Å². The number of nitrogens with two attached hydrogens (primary N) is 1. The van der Waals surface area contributed by atoms with Gasteiger partial charge in [-0.2, -0.15) is 0 Å². The first kappa shape index (κ1) is 16.7. The fraction of sp³-hybridized carbons (Fsp3) is 0.375. The average molecular weight is 287 g/mol. The molecule has 0 bridgehead atoms. The van der Waals surface area contributed by atoms with E-state index in [0.29, 0.717) is 11.1 Å². The maximum absolute atomic E-state index is 12.5. The van der Waals surface area contributed by atoms with Crippen molar-refractivity contribution in [2.24, 2.45) is 5.73 Å². The molecule has 2 N–H and O–H groups in total. The summed E-state index contributed by atoms with van der Waals surface area (Å²) in [5.41, 5.74) is 7.45. The molecule has 1 aromatic carbocycles. The van der Waals surface area contributed by atoms with Crippen molar-refractivity contribution < 1.29 is 9.59 Å². The van der Waals surface area contributed by atoms with E-state index in [1.807, 2.05) is 13.0 Å². The zero-order valence-electron chi connectivity index (χ0n) is 12.9. The Labute approximate surface area is 125 Å². The number of amides is 2. The highest BCUT2D eigenvalue weighted by Gasteiger charge is 2.18. The predicted molar refractivity (Wildman–Crippen MR) is 82.8 cm³/mol. The molecule has 2 amide bonds. The molecule has 0 unspecified atom stereocenters. The SMILES string of the molecule is Cc1ccc(C#CCN)c(C(=O)N(C)CC(=O)N(C)C)c1. The maximum atomic E-state index is 12.5. The number of aryl methyl sites for hydroxylation is 1. The molecular weight excluding hydrogens is 266 g/mol. The molecule has 0 radical (unpaired) electrons. The number of benzene rings is 1. The Morgan fingerprint density at radius 1 is 1.24 bits per heavy atom. The minimum Gasteiger partial charge on any atom is -0.347 e. The number of nitrogens with zero attached hydrogens (tertiary/aromatic N) is 2. The lowest BCUT2D eigenvalue weighted by Crippen LogP contribution is -2.38. The van der Waals surface area contributed by atoms with E-state index in [1.54, 1.807) is 33.3 Å². The van der Waals surface area contributed by atoms with Crippen LogP contribution in [0.4, 0.5) is 0 Å². The third kappa shape index (κ3) is 4.62. The van der Waals surface area contributed by atoms with Gasteiger partial charge in [0.05, 0.1) is 18.7 Å². The highest BCUT2D eigenvalue weighted by atomic mass is 16.2. The highest BCUT2D eigenvalue weighted by Crippen LogP contribution is 2.13. The minimum atomic E-state index is -0.227. The molecule has 0 aromatic heterocycles. The molecule has 21 heavy (non-hydrogen) atoms. The summed E-state index contributed by atoms with van der Waals surface area (Å²) in [4.78, 5) is 27.0. The van der Waals surface area contributed by atoms with Crippen LogP contribution in [0.15, 0.2) is 18.2 Å². The van der Waals surface area contributed by atoms with Crippen molar-refractivity contribution >= 4 is 11.8 Å². The molecule has 112 valence electrons. The monoisotopic (exact) mass is 287 g/mol. The van der Waals surface area contributed by atoms with Gasteiger partial charge in [-0.3, -0.25) is 9.59 Å². The van der Waals surface area contributed by atoms with Gasteiger partial charge in [-0.15, -0.1) is 0 Å². The van der Waals surface area contributed by atoms with Crippen molar-refractivity contribution in [1.29, 1.82) is 0 Å². The fourth-order valence-corrected chi connectivity index (χ4v) is 1.71. The lowest BCUT2D eigenvalue weighted by Gasteiger charge is -2.20. The number of hydrogen-bond acceptors (Lipinski definition) is 3. The maximum Gasteiger partial charge on any atom is 0.255 e. The van der Waals surface area contributed by atoms with Crippen LogP contribution in [0.2, 0.25) is 0 Å². The van der Waals surface area contributed by atoms with E-state index in [1.165, 1.54) is 9.80 Å². The lowest BCUT2D eigenvalue weighted by molar-refractivity contribution is -0.129. The summed E-state index contributed by atoms with van der Waals surface area (Å²) in [6.07, 6.45) is 0. The molecule has 0 aliphatic carbocycles. The third-order valence-electron chi connectivity index (χ3n) is 2.95. The van der Waals surface area contributed by atoms with Gasteiger partial charge in [0.25, 0.3) is 5.91 Å². The average Bonchev–Trinajstić information content (AvgIpc) is 2.44. The molecule has 0 aliphatic rings. The predicted octanol–water partition coefficient (Wildman–Crippen LogP) is 0.465. The Balaban J connectivity index is 3.05. The van der Waals surface area contributed by atoms with Gasteiger partial charge in [-0.05, 0) is 19.1 Å². The highest BCUT2D eigenvalue weighted by molar-refractivity contribution is 5.98. The molecule has 0 aliphatic heterocycles. The second-order valence-electron chi connectivity index (χ2n) is 5.00. The van der Waals surface area contributed by atoms with Gasteiger partial charge < -0.3 is 15.5 Å². The van der Waals surface area contributed by atoms with Crippen molar-refractivity contribution in [3.05, 3.63) is 34.9 Å². The van der Waals surface area contributed by atoms with E-state index in [9.17, 15) is 9.59 Å². The quantitative estimate of drug-likeness (QED) is 0.822. The summed E-state index contributed by atoms with van der Waals surface area (Å²) in [5.74, 6) is 5.29. The number of likely N-dealkylation sites (N-methyl/N-ethyl adjacent to an activating group) is 2. The summed E-state index contributed by atoms with van der Waals surface area (Å²) in [6.45, 7) is 2.17. The summed E-state index contributed by atoms with van der Waals surface area (Å²) < 4.78 is 0. The number of carbonyl (C=O) groups excluding carboxylic acids is 2. The van der Waals surface area contributed by atoms with E-state index >= 15 is 0 Å². The van der Waals surface area contributed by atoms with Gasteiger partial charge >= 0.3 is 0 Å². The standard InChI is InChI=1S/C16H21N3O2/c1-12-7-8-13(6-5-9-17)14(10-12)16(21)19(4)11-15(20)18(2)3/h7-8,10H,9,11,17H2,1-4H3. The number of carbonyl (C=O) groups is 2. The van der Waals surface area contributed by atoms with Crippen LogP contribution in [0, 0.1) is 18.8 Å². The fourth-order valence-electron chi connectivity index (χ4n) is 1.71. The first-order chi connectivity index (χ1) is 9.86. The van der Waals surface area contributed by atoms with Crippen LogP contribution in [0.3, 0.4) is 0 Å². The van der Waals surface area contributed by atoms with Gasteiger partial charge in [0.15, 0.2) is 0 Å². The largest absolute Gasteiger partial charge is 0.347 e. The summed E-state index contributed by atoms with van der Waals surface area (Å²) in [6, 6.07) is 5.47. The van der Waals surface area contributed by atoms with E-state index in [4.69, 9.17) is 5.73 Å². The molecule has 0 atom stereocenters. The molecule has 0 saturated heterocycles. The van der Waals surface area contributed by atoms with Crippen LogP contribution >= 0.6 is 0 Å². The zero-order chi connectivity index (χ0) is 16.0. The van der Waals surface area contributed by atoms with Gasteiger partial charge in [0.2, 0.25) is 5.91 Å². The topological polar surface area (TPSA) is 66.6 Å². The minimum absolute atomic E-state index is 0.0313. The molecule has 0 heterocycles. The summed E-state index contributed by atoms with van der Waals surface area (Å²) in [7, 11) is 4.92. The Bertz CT molecular complexity index is 597. The Morgan fingerprint density at radius 2 is 1.90 bits per heavy atom. The second-order valence-corrected chi connectivity index (χ2v) is 5.00. The molecule has 1 rings (SSSR count). The molecule has 0 spiro atoms. The molecule has 5 nitrogen and oxygen atoms in total. The zero-order valence-corrected chi connectivity index (χ0v) is 12.9. The van der Waals surface area contributed by atoms with E-state index in [0.717, 1.165) is 5.56 Å².